The van der Waals surface area contributed by atoms with E-state index in [1.807, 2.05) is 12.1 Å². The molecular weight excluding hydrogens is 284 g/mol. The molecule has 1 fully saturated rings. The lowest BCUT2D eigenvalue weighted by Crippen LogP contribution is -2.52. The van der Waals surface area contributed by atoms with Gasteiger partial charge < -0.3 is 16.0 Å². The molecule has 6 nitrogen and oxygen atoms in total. The molecule has 3 aromatic rings. The molecule has 0 saturated carbocycles. The maximum absolute atomic E-state index is 5.94. The number of nitrogens with two attached hydrogens (primary N) is 1. The van der Waals surface area contributed by atoms with E-state index in [1.54, 1.807) is 17.5 Å². The lowest BCUT2D eigenvalue weighted by molar-refractivity contribution is 0.205. The molecule has 108 valence electrons. The molecule has 0 spiro atoms. The van der Waals surface area contributed by atoms with Crippen LogP contribution in [0, 0.1) is 0 Å². The van der Waals surface area contributed by atoms with Crippen LogP contribution in [0.1, 0.15) is 0 Å². The summed E-state index contributed by atoms with van der Waals surface area (Å²) in [6.07, 6.45) is 1.75. The van der Waals surface area contributed by atoms with Crippen LogP contribution >= 0.6 is 11.3 Å². The fourth-order valence-electron chi connectivity index (χ4n) is 2.69. The second kappa shape index (κ2) is 4.71. The Bertz CT molecular complexity index is 772. The van der Waals surface area contributed by atoms with Crippen LogP contribution in [0.2, 0.25) is 0 Å². The molecule has 0 amide bonds. The minimum Gasteiger partial charge on any atom is -0.384 e. The molecule has 0 unspecified atom stereocenters. The van der Waals surface area contributed by atoms with Crippen LogP contribution < -0.4 is 11.1 Å². The molecule has 0 aromatic carbocycles. The first-order chi connectivity index (χ1) is 10.2. The van der Waals surface area contributed by atoms with E-state index in [4.69, 9.17) is 5.73 Å². The number of aromatic nitrogens is 3. The molecule has 0 radical (unpaired) electrons. The van der Waals surface area contributed by atoms with Gasteiger partial charge in [0.2, 0.25) is 0 Å². The van der Waals surface area contributed by atoms with Gasteiger partial charge in [-0.1, -0.05) is 0 Å². The highest BCUT2D eigenvalue weighted by Crippen LogP contribution is 2.37. The third kappa shape index (κ3) is 2.24. The number of fused-ring (bicyclic) bond motifs is 1. The largest absolute Gasteiger partial charge is 0.384 e. The lowest BCUT2D eigenvalue weighted by Gasteiger charge is -2.37. The number of likely N-dealkylation sites (N-methyl/N-ethyl adjacent to an activating group) is 1. The Balaban J connectivity index is 1.75. The zero-order valence-electron chi connectivity index (χ0n) is 11.6. The molecule has 3 aromatic heterocycles. The van der Waals surface area contributed by atoms with Gasteiger partial charge >= 0.3 is 0 Å². The Kier molecular flexibility index (Phi) is 2.83. The Morgan fingerprint density at radius 1 is 1.43 bits per heavy atom. The summed E-state index contributed by atoms with van der Waals surface area (Å²) >= 11 is 1.70. The van der Waals surface area contributed by atoms with Gasteiger partial charge in [0.15, 0.2) is 0 Å². The standard InChI is InChI=1S/C14H16N6S/c1-20-6-8(7-20)17-11-5-13(15)18-10-4-12(21-14(10)11)9-2-3-16-19-9/h2-5,8H,6-7H2,1H3,(H,16,19)(H3,15,17,18). The number of anilines is 2. The molecule has 0 atom stereocenters. The summed E-state index contributed by atoms with van der Waals surface area (Å²) < 4.78 is 1.14. The average Bonchev–Trinajstić information content (AvgIpc) is 3.04. The van der Waals surface area contributed by atoms with Gasteiger partial charge in [0.25, 0.3) is 0 Å². The van der Waals surface area contributed by atoms with Crippen LogP contribution in [-0.2, 0) is 0 Å². The number of hydrogen-bond donors (Lipinski definition) is 3. The zero-order chi connectivity index (χ0) is 14.4. The number of pyridine rings is 1. The van der Waals surface area contributed by atoms with E-state index in [1.165, 1.54) is 0 Å². The first kappa shape index (κ1) is 12.6. The van der Waals surface area contributed by atoms with E-state index in [-0.39, 0.29) is 0 Å². The number of nitrogens with zero attached hydrogens (tertiary/aromatic N) is 3. The lowest BCUT2D eigenvalue weighted by atomic mass is 10.1. The van der Waals surface area contributed by atoms with Crippen molar-refractivity contribution in [3.05, 3.63) is 24.4 Å². The highest BCUT2D eigenvalue weighted by Gasteiger charge is 2.24. The monoisotopic (exact) mass is 300 g/mol. The molecule has 4 rings (SSSR count). The Morgan fingerprint density at radius 3 is 3.00 bits per heavy atom. The topological polar surface area (TPSA) is 82.9 Å². The van der Waals surface area contributed by atoms with Gasteiger partial charge in [0.1, 0.15) is 5.82 Å². The third-order valence-electron chi connectivity index (χ3n) is 3.69. The summed E-state index contributed by atoms with van der Waals surface area (Å²) in [5.74, 6) is 0.548. The van der Waals surface area contributed by atoms with Crippen molar-refractivity contribution in [3.63, 3.8) is 0 Å². The van der Waals surface area contributed by atoms with Crippen molar-refractivity contribution in [3.8, 4) is 10.6 Å². The smallest absolute Gasteiger partial charge is 0.126 e. The molecular formula is C14H16N6S. The van der Waals surface area contributed by atoms with Crippen molar-refractivity contribution in [1.29, 1.82) is 0 Å². The molecule has 7 heteroatoms. The number of nitrogens with one attached hydrogen (secondary N) is 2. The van der Waals surface area contributed by atoms with Gasteiger partial charge in [-0.25, -0.2) is 4.98 Å². The minimum absolute atomic E-state index is 0.484. The van der Waals surface area contributed by atoms with Crippen LogP contribution in [0.4, 0.5) is 11.5 Å². The summed E-state index contributed by atoms with van der Waals surface area (Å²) in [5.41, 5.74) is 8.95. The first-order valence-electron chi connectivity index (χ1n) is 6.84. The van der Waals surface area contributed by atoms with Crippen molar-refractivity contribution in [2.45, 2.75) is 6.04 Å². The van der Waals surface area contributed by atoms with Crippen LogP contribution in [0.3, 0.4) is 0 Å². The molecule has 0 aliphatic carbocycles. The zero-order valence-corrected chi connectivity index (χ0v) is 12.4. The highest BCUT2D eigenvalue weighted by molar-refractivity contribution is 7.22. The summed E-state index contributed by atoms with van der Waals surface area (Å²) in [5, 5.41) is 10.6. The number of likely N-dealkylation sites (tertiary alicyclic amines) is 1. The Morgan fingerprint density at radius 2 is 2.29 bits per heavy atom. The SMILES string of the molecule is CN1CC(Nc2cc(N)nc3cc(-c4ccn[nH]4)sc23)C1. The number of hydrogen-bond acceptors (Lipinski definition) is 6. The number of nitrogen functional groups attached to an aromatic ring is 1. The van der Waals surface area contributed by atoms with Crippen molar-refractivity contribution in [2.75, 3.05) is 31.2 Å². The summed E-state index contributed by atoms with van der Waals surface area (Å²) in [7, 11) is 2.12. The predicted octanol–water partition coefficient (Wildman–Crippen LogP) is 1.99. The van der Waals surface area contributed by atoms with E-state index in [0.29, 0.717) is 11.9 Å². The Hall–Kier alpha value is -2.12. The number of H-pyrrole nitrogens is 1. The van der Waals surface area contributed by atoms with E-state index in [0.717, 1.165) is 39.6 Å². The van der Waals surface area contributed by atoms with Gasteiger partial charge in [-0.05, 0) is 19.2 Å². The van der Waals surface area contributed by atoms with Gasteiger partial charge in [0, 0.05) is 25.4 Å². The fourth-order valence-corrected chi connectivity index (χ4v) is 3.74. The molecule has 1 aliphatic heterocycles. The quantitative estimate of drug-likeness (QED) is 0.689. The molecule has 0 bridgehead atoms. The van der Waals surface area contributed by atoms with Gasteiger partial charge in [-0.3, -0.25) is 5.10 Å². The molecule has 21 heavy (non-hydrogen) atoms. The van der Waals surface area contributed by atoms with Gasteiger partial charge in [-0.15, -0.1) is 11.3 Å². The van der Waals surface area contributed by atoms with Crippen LogP contribution in [-0.4, -0.2) is 46.3 Å². The highest BCUT2D eigenvalue weighted by atomic mass is 32.1. The van der Waals surface area contributed by atoms with E-state index < -0.39 is 0 Å². The second-order valence-corrected chi connectivity index (χ2v) is 6.50. The van der Waals surface area contributed by atoms with Crippen LogP contribution in [0.25, 0.3) is 20.8 Å². The van der Waals surface area contributed by atoms with Gasteiger partial charge in [0.05, 0.1) is 32.5 Å². The fraction of sp³-hybridized carbons (Fsp3) is 0.286. The van der Waals surface area contributed by atoms with Crippen LogP contribution in [0.5, 0.6) is 0 Å². The first-order valence-corrected chi connectivity index (χ1v) is 7.65. The molecule has 1 aliphatic rings. The van der Waals surface area contributed by atoms with E-state index in [2.05, 4.69) is 38.5 Å². The normalized spacial score (nSPS) is 16.2. The molecule has 4 heterocycles. The van der Waals surface area contributed by atoms with Crippen molar-refractivity contribution in [2.24, 2.45) is 0 Å². The summed E-state index contributed by atoms with van der Waals surface area (Å²) in [6.45, 7) is 2.12. The predicted molar refractivity (Wildman–Crippen MR) is 86.5 cm³/mol. The van der Waals surface area contributed by atoms with Crippen LogP contribution in [0.15, 0.2) is 24.4 Å². The third-order valence-corrected chi connectivity index (χ3v) is 4.88. The van der Waals surface area contributed by atoms with Crippen molar-refractivity contribution >= 4 is 33.1 Å². The summed E-state index contributed by atoms with van der Waals surface area (Å²) in [6, 6.07) is 6.43. The molecule has 4 N–H and O–H groups in total. The molecule has 1 saturated heterocycles. The maximum Gasteiger partial charge on any atom is 0.126 e. The van der Waals surface area contributed by atoms with Crippen molar-refractivity contribution in [1.82, 2.24) is 20.1 Å². The van der Waals surface area contributed by atoms with Crippen molar-refractivity contribution < 1.29 is 0 Å². The van der Waals surface area contributed by atoms with Gasteiger partial charge in [-0.2, -0.15) is 5.10 Å². The average molecular weight is 300 g/mol. The number of thiophene rings is 1. The van der Waals surface area contributed by atoms with E-state index in [9.17, 15) is 0 Å². The van der Waals surface area contributed by atoms with E-state index >= 15 is 0 Å². The Labute approximate surface area is 126 Å². The number of rotatable bonds is 3. The number of aromatic amines is 1. The summed E-state index contributed by atoms with van der Waals surface area (Å²) in [4.78, 5) is 7.84. The second-order valence-electron chi connectivity index (χ2n) is 5.45. The minimum atomic E-state index is 0.484. The maximum atomic E-state index is 5.94.